The van der Waals surface area contributed by atoms with Crippen LogP contribution in [0.4, 0.5) is 10.5 Å². The molecule has 9 heteroatoms. The summed E-state index contributed by atoms with van der Waals surface area (Å²) in [6.07, 6.45) is 2.98. The summed E-state index contributed by atoms with van der Waals surface area (Å²) in [6, 6.07) is 18.0. The normalized spacial score (nSPS) is 14.6. The van der Waals surface area contributed by atoms with Crippen LogP contribution in [0.2, 0.25) is 5.02 Å². The number of nitrogens with one attached hydrogen (secondary N) is 1. The number of nitrogens with zero attached hydrogens (tertiary/aromatic N) is 1. The van der Waals surface area contributed by atoms with Crippen LogP contribution in [0, 0.1) is 0 Å². The van der Waals surface area contributed by atoms with E-state index < -0.39 is 17.8 Å². The van der Waals surface area contributed by atoms with E-state index in [4.69, 9.17) is 21.1 Å². The molecule has 36 heavy (non-hydrogen) atoms. The molecule has 1 aliphatic heterocycles. The third-order valence-electron chi connectivity index (χ3n) is 5.14. The van der Waals surface area contributed by atoms with Crippen LogP contribution in [-0.2, 0) is 16.2 Å². The highest BCUT2D eigenvalue weighted by Gasteiger charge is 2.37. The lowest BCUT2D eigenvalue weighted by Gasteiger charge is -2.26. The Balaban J connectivity index is 1.56. The fourth-order valence-corrected chi connectivity index (χ4v) is 3.90. The average Bonchev–Trinajstić information content (AvgIpc) is 2.86. The second-order valence-electron chi connectivity index (χ2n) is 7.65. The molecule has 1 aliphatic rings. The fourth-order valence-electron chi connectivity index (χ4n) is 3.40. The summed E-state index contributed by atoms with van der Waals surface area (Å²) in [5.41, 5.74) is 1.50. The number of urea groups is 1. The third kappa shape index (κ3) is 5.84. The van der Waals surface area contributed by atoms with Gasteiger partial charge in [0.15, 0.2) is 0 Å². The zero-order valence-corrected chi connectivity index (χ0v) is 21.2. The molecule has 1 heterocycles. The molecule has 7 nitrogen and oxygen atoms in total. The van der Waals surface area contributed by atoms with Crippen LogP contribution in [0.3, 0.4) is 0 Å². The van der Waals surface area contributed by atoms with Crippen LogP contribution in [0.5, 0.6) is 11.5 Å². The van der Waals surface area contributed by atoms with Crippen molar-refractivity contribution in [3.8, 4) is 11.5 Å². The summed E-state index contributed by atoms with van der Waals surface area (Å²) in [5.74, 6) is -0.549. The molecule has 182 valence electrons. The first-order valence-electron chi connectivity index (χ1n) is 10.8. The summed E-state index contributed by atoms with van der Waals surface area (Å²) in [7, 11) is 0. The summed E-state index contributed by atoms with van der Waals surface area (Å²) in [6.45, 7) is 4.19. The number of anilines is 1. The van der Waals surface area contributed by atoms with Crippen molar-refractivity contribution in [2.24, 2.45) is 0 Å². The van der Waals surface area contributed by atoms with Crippen LogP contribution < -0.4 is 19.7 Å². The molecule has 0 bridgehead atoms. The SMILES string of the molecule is C=CCOc1ccc(Br)cc1/C=C1\C(=O)NC(=O)N(c2ccc(OCc3ccc(Cl)cc3)cc2)C1=O. The summed E-state index contributed by atoms with van der Waals surface area (Å²) in [4.78, 5) is 39.3. The second kappa shape index (κ2) is 11.2. The van der Waals surface area contributed by atoms with Gasteiger partial charge in [0.25, 0.3) is 11.8 Å². The van der Waals surface area contributed by atoms with E-state index in [1.165, 1.54) is 6.08 Å². The Morgan fingerprint density at radius 1 is 0.972 bits per heavy atom. The van der Waals surface area contributed by atoms with E-state index in [-0.39, 0.29) is 17.9 Å². The monoisotopic (exact) mass is 566 g/mol. The Kier molecular flexibility index (Phi) is 7.87. The Morgan fingerprint density at radius 3 is 2.39 bits per heavy atom. The number of halogens is 2. The lowest BCUT2D eigenvalue weighted by Crippen LogP contribution is -2.54. The van der Waals surface area contributed by atoms with Gasteiger partial charge in [0.05, 0.1) is 5.69 Å². The van der Waals surface area contributed by atoms with Gasteiger partial charge in [-0.05, 0) is 66.2 Å². The highest BCUT2D eigenvalue weighted by molar-refractivity contribution is 9.10. The number of hydrogen-bond acceptors (Lipinski definition) is 5. The largest absolute Gasteiger partial charge is 0.489 e. The molecule has 0 unspecified atom stereocenters. The number of rotatable bonds is 8. The van der Waals surface area contributed by atoms with E-state index in [9.17, 15) is 14.4 Å². The maximum absolute atomic E-state index is 13.2. The Morgan fingerprint density at radius 2 is 1.69 bits per heavy atom. The van der Waals surface area contributed by atoms with Gasteiger partial charge in [-0.3, -0.25) is 14.9 Å². The third-order valence-corrected chi connectivity index (χ3v) is 5.89. The van der Waals surface area contributed by atoms with Gasteiger partial charge in [0.1, 0.15) is 30.3 Å². The molecular formula is C27H20BrClN2O5. The predicted molar refractivity (Wildman–Crippen MR) is 141 cm³/mol. The minimum absolute atomic E-state index is 0.209. The molecule has 0 saturated carbocycles. The van der Waals surface area contributed by atoms with Gasteiger partial charge >= 0.3 is 6.03 Å². The van der Waals surface area contributed by atoms with E-state index in [1.54, 1.807) is 60.7 Å². The Hall–Kier alpha value is -3.88. The first-order valence-corrected chi connectivity index (χ1v) is 11.9. The molecule has 0 radical (unpaired) electrons. The molecule has 4 amide bonds. The van der Waals surface area contributed by atoms with Gasteiger partial charge < -0.3 is 9.47 Å². The van der Waals surface area contributed by atoms with Gasteiger partial charge in [-0.2, -0.15) is 0 Å². The van der Waals surface area contributed by atoms with Crippen molar-refractivity contribution >= 4 is 57.1 Å². The Bertz CT molecular complexity index is 1350. The van der Waals surface area contributed by atoms with Gasteiger partial charge in [-0.25, -0.2) is 9.69 Å². The van der Waals surface area contributed by atoms with Crippen LogP contribution in [0.1, 0.15) is 11.1 Å². The molecular weight excluding hydrogens is 548 g/mol. The van der Waals surface area contributed by atoms with Crippen LogP contribution >= 0.6 is 27.5 Å². The van der Waals surface area contributed by atoms with Crippen molar-refractivity contribution in [2.75, 3.05) is 11.5 Å². The van der Waals surface area contributed by atoms with Crippen molar-refractivity contribution in [3.05, 3.63) is 106 Å². The van der Waals surface area contributed by atoms with Crippen LogP contribution in [0.15, 0.2) is 89.4 Å². The fraction of sp³-hybridized carbons (Fsp3) is 0.0741. The number of carbonyl (C=O) groups excluding carboxylic acids is 3. The molecule has 0 atom stereocenters. The zero-order valence-electron chi connectivity index (χ0n) is 18.9. The average molecular weight is 568 g/mol. The van der Waals surface area contributed by atoms with Crippen molar-refractivity contribution < 1.29 is 23.9 Å². The highest BCUT2D eigenvalue weighted by atomic mass is 79.9. The van der Waals surface area contributed by atoms with Crippen LogP contribution in [-0.4, -0.2) is 24.5 Å². The van der Waals surface area contributed by atoms with Crippen molar-refractivity contribution in [3.63, 3.8) is 0 Å². The minimum Gasteiger partial charge on any atom is -0.489 e. The lowest BCUT2D eigenvalue weighted by atomic mass is 10.1. The maximum atomic E-state index is 13.2. The van der Waals surface area contributed by atoms with E-state index in [0.29, 0.717) is 28.7 Å². The van der Waals surface area contributed by atoms with E-state index >= 15 is 0 Å². The van der Waals surface area contributed by atoms with E-state index in [2.05, 4.69) is 27.8 Å². The van der Waals surface area contributed by atoms with Crippen LogP contribution in [0.25, 0.3) is 6.08 Å². The van der Waals surface area contributed by atoms with Crippen molar-refractivity contribution in [1.29, 1.82) is 0 Å². The first kappa shape index (κ1) is 25.2. The quantitative estimate of drug-likeness (QED) is 0.208. The van der Waals surface area contributed by atoms with Crippen molar-refractivity contribution in [2.45, 2.75) is 6.61 Å². The number of ether oxygens (including phenoxy) is 2. The number of amides is 4. The van der Waals surface area contributed by atoms with Gasteiger partial charge in [-0.15, -0.1) is 0 Å². The number of benzene rings is 3. The molecule has 0 aromatic heterocycles. The summed E-state index contributed by atoms with van der Waals surface area (Å²) in [5, 5.41) is 2.86. The van der Waals surface area contributed by atoms with Crippen molar-refractivity contribution in [1.82, 2.24) is 5.32 Å². The number of imide groups is 2. The number of carbonyl (C=O) groups is 3. The standard InChI is InChI=1S/C27H20BrClN2O5/c1-2-13-35-24-12-5-19(28)14-18(24)15-23-25(32)30-27(34)31(26(23)33)21-8-10-22(11-9-21)36-16-17-3-6-20(29)7-4-17/h2-12,14-15H,1,13,16H2,(H,30,32,34)/b23-15+. The van der Waals surface area contributed by atoms with E-state index in [1.807, 2.05) is 12.1 Å². The van der Waals surface area contributed by atoms with Gasteiger partial charge in [-0.1, -0.05) is 52.3 Å². The maximum Gasteiger partial charge on any atom is 0.335 e. The van der Waals surface area contributed by atoms with E-state index in [0.717, 1.165) is 14.9 Å². The highest BCUT2D eigenvalue weighted by Crippen LogP contribution is 2.29. The van der Waals surface area contributed by atoms with Gasteiger partial charge in [0.2, 0.25) is 0 Å². The molecule has 3 aromatic rings. The Labute approximate surface area is 221 Å². The summed E-state index contributed by atoms with van der Waals surface area (Å²) < 4.78 is 12.1. The summed E-state index contributed by atoms with van der Waals surface area (Å²) >= 11 is 9.28. The molecule has 1 saturated heterocycles. The van der Waals surface area contributed by atoms with Gasteiger partial charge in [0, 0.05) is 15.1 Å². The molecule has 1 fully saturated rings. The topological polar surface area (TPSA) is 84.9 Å². The molecule has 4 rings (SSSR count). The predicted octanol–water partition coefficient (Wildman–Crippen LogP) is 5.91. The molecule has 3 aromatic carbocycles. The molecule has 0 spiro atoms. The second-order valence-corrected chi connectivity index (χ2v) is 9.00. The number of barbiturate groups is 1. The lowest BCUT2D eigenvalue weighted by molar-refractivity contribution is -0.122. The smallest absolute Gasteiger partial charge is 0.335 e. The molecule has 1 N–H and O–H groups in total. The zero-order chi connectivity index (χ0) is 25.7. The first-order chi connectivity index (χ1) is 17.4. The minimum atomic E-state index is -0.839. The molecule has 0 aliphatic carbocycles. The number of hydrogen-bond donors (Lipinski definition) is 1.